The van der Waals surface area contributed by atoms with Crippen LogP contribution in [0, 0.1) is 6.92 Å². The lowest BCUT2D eigenvalue weighted by Gasteiger charge is -2.29. The quantitative estimate of drug-likeness (QED) is 0.328. The summed E-state index contributed by atoms with van der Waals surface area (Å²) in [7, 11) is 1.56. The summed E-state index contributed by atoms with van der Waals surface area (Å²) in [5.41, 5.74) is 2.78. The minimum absolute atomic E-state index is 0.180. The molecule has 2 aromatic heterocycles. The lowest BCUT2D eigenvalue weighted by molar-refractivity contribution is -0.127. The molecule has 1 amide bonds. The van der Waals surface area contributed by atoms with Crippen molar-refractivity contribution in [1.82, 2.24) is 9.47 Å². The van der Waals surface area contributed by atoms with Crippen molar-refractivity contribution in [3.05, 3.63) is 108 Å². The molecule has 1 atom stereocenters. The van der Waals surface area contributed by atoms with Gasteiger partial charge in [-0.2, -0.15) is 0 Å². The predicted octanol–water partition coefficient (Wildman–Crippen LogP) is 4.38. The second kappa shape index (κ2) is 11.7. The molecule has 0 saturated heterocycles. The number of carbonyl (C=O) groups is 2. The Bertz CT molecular complexity index is 1910. The third-order valence-corrected chi connectivity index (χ3v) is 8.45. The van der Waals surface area contributed by atoms with Crippen molar-refractivity contribution in [2.45, 2.75) is 33.7 Å². The van der Waals surface area contributed by atoms with Crippen molar-refractivity contribution in [2.24, 2.45) is 4.99 Å². The van der Waals surface area contributed by atoms with Gasteiger partial charge in [-0.3, -0.25) is 14.2 Å². The van der Waals surface area contributed by atoms with Crippen LogP contribution in [0.1, 0.15) is 54.1 Å². The molecular weight excluding hydrogens is 554 g/mol. The molecule has 0 saturated carbocycles. The van der Waals surface area contributed by atoms with E-state index in [1.165, 1.54) is 11.3 Å². The van der Waals surface area contributed by atoms with E-state index in [2.05, 4.69) is 0 Å². The highest BCUT2D eigenvalue weighted by atomic mass is 32.1. The molecule has 0 aliphatic carbocycles. The minimum Gasteiger partial charge on any atom is -0.496 e. The highest BCUT2D eigenvalue weighted by Crippen LogP contribution is 2.36. The number of aromatic carboxylic acids is 1. The number of carboxylic acid groups (broad SMARTS) is 1. The lowest BCUT2D eigenvalue weighted by atomic mass is 9.94. The molecule has 9 nitrogen and oxygen atoms in total. The Morgan fingerprint density at radius 2 is 1.83 bits per heavy atom. The van der Waals surface area contributed by atoms with Crippen molar-refractivity contribution in [1.29, 1.82) is 0 Å². The molecule has 216 valence electrons. The smallest absolute Gasteiger partial charge is 0.335 e. The number of amides is 1. The maximum atomic E-state index is 14.0. The van der Waals surface area contributed by atoms with Gasteiger partial charge in [-0.25, -0.2) is 9.79 Å². The summed E-state index contributed by atoms with van der Waals surface area (Å²) >= 11 is 1.21. The van der Waals surface area contributed by atoms with E-state index >= 15 is 0 Å². The Morgan fingerprint density at radius 1 is 1.10 bits per heavy atom. The van der Waals surface area contributed by atoms with Gasteiger partial charge in [-0.1, -0.05) is 41.7 Å². The van der Waals surface area contributed by atoms with E-state index in [1.54, 1.807) is 66.8 Å². The zero-order valence-corrected chi connectivity index (χ0v) is 24.8. The van der Waals surface area contributed by atoms with Crippen LogP contribution in [0.2, 0.25) is 0 Å². The van der Waals surface area contributed by atoms with Gasteiger partial charge >= 0.3 is 5.97 Å². The van der Waals surface area contributed by atoms with Crippen LogP contribution in [-0.4, -0.2) is 46.6 Å². The maximum absolute atomic E-state index is 14.0. The number of allylic oxidation sites excluding steroid dienone is 1. The first-order valence-electron chi connectivity index (χ1n) is 13.6. The summed E-state index contributed by atoms with van der Waals surface area (Å²) in [6.07, 6.45) is 1.65. The third kappa shape index (κ3) is 4.98. The number of hydrogen-bond acceptors (Lipinski definition) is 7. The second-order valence-corrected chi connectivity index (χ2v) is 10.8. The number of para-hydroxylation sites is 1. The number of ether oxygens (including phenoxy) is 1. The molecule has 1 N–H and O–H groups in total. The van der Waals surface area contributed by atoms with Crippen molar-refractivity contribution in [3.63, 3.8) is 0 Å². The number of carboxylic acids is 1. The Morgan fingerprint density at radius 3 is 2.52 bits per heavy atom. The van der Waals surface area contributed by atoms with Crippen LogP contribution in [0.4, 0.5) is 0 Å². The van der Waals surface area contributed by atoms with E-state index in [0.29, 0.717) is 67.7 Å². The van der Waals surface area contributed by atoms with Crippen LogP contribution in [-0.2, 0) is 4.79 Å². The molecule has 1 aliphatic rings. The number of benzene rings is 2. The molecule has 0 unspecified atom stereocenters. The van der Waals surface area contributed by atoms with Crippen LogP contribution >= 0.6 is 11.3 Å². The SMILES string of the molecule is CCN(CC)C(=O)C1=C(C)N=c2s/c(=C/c3ccc(-c4cccc(C(=O)O)c4C)o3)c(=O)n2[C@@H]1c1ccccc1OC. The number of rotatable bonds is 8. The summed E-state index contributed by atoms with van der Waals surface area (Å²) < 4.78 is 13.7. The van der Waals surface area contributed by atoms with Gasteiger partial charge in [0.2, 0.25) is 0 Å². The first-order chi connectivity index (χ1) is 20.2. The molecule has 0 bridgehead atoms. The summed E-state index contributed by atoms with van der Waals surface area (Å²) in [6.45, 7) is 8.40. The molecule has 42 heavy (non-hydrogen) atoms. The zero-order chi connectivity index (χ0) is 30.1. The van der Waals surface area contributed by atoms with Gasteiger partial charge in [0.25, 0.3) is 11.5 Å². The van der Waals surface area contributed by atoms with Gasteiger partial charge in [0.15, 0.2) is 4.80 Å². The van der Waals surface area contributed by atoms with E-state index in [1.807, 2.05) is 38.1 Å². The Hall–Kier alpha value is -4.70. The summed E-state index contributed by atoms with van der Waals surface area (Å²) in [6, 6.07) is 15.1. The van der Waals surface area contributed by atoms with Gasteiger partial charge in [0.1, 0.15) is 23.3 Å². The molecule has 0 radical (unpaired) electrons. The molecule has 4 aromatic rings. The molecular formula is C32H31N3O6S. The van der Waals surface area contributed by atoms with E-state index in [4.69, 9.17) is 14.1 Å². The summed E-state index contributed by atoms with van der Waals surface area (Å²) in [5.74, 6) is 0.289. The number of hydrogen-bond donors (Lipinski definition) is 1. The van der Waals surface area contributed by atoms with Crippen molar-refractivity contribution < 1.29 is 23.8 Å². The van der Waals surface area contributed by atoms with Crippen LogP contribution in [0.3, 0.4) is 0 Å². The average molecular weight is 586 g/mol. The fourth-order valence-electron chi connectivity index (χ4n) is 5.30. The topological polar surface area (TPSA) is 114 Å². The van der Waals surface area contributed by atoms with E-state index < -0.39 is 12.0 Å². The van der Waals surface area contributed by atoms with Crippen LogP contribution < -0.4 is 19.6 Å². The number of thiazole rings is 1. The first kappa shape index (κ1) is 28.8. The summed E-state index contributed by atoms with van der Waals surface area (Å²) in [4.78, 5) is 46.3. The summed E-state index contributed by atoms with van der Waals surface area (Å²) in [5, 5.41) is 9.50. The van der Waals surface area contributed by atoms with Gasteiger partial charge in [0.05, 0.1) is 28.5 Å². The van der Waals surface area contributed by atoms with E-state index in [0.717, 1.165) is 0 Å². The Balaban J connectivity index is 1.66. The van der Waals surface area contributed by atoms with Crippen molar-refractivity contribution in [2.75, 3.05) is 20.2 Å². The monoisotopic (exact) mass is 585 g/mol. The number of likely N-dealkylation sites (N-methyl/N-ethyl adjacent to an activating group) is 1. The zero-order valence-electron chi connectivity index (χ0n) is 24.0. The van der Waals surface area contributed by atoms with Crippen LogP contribution in [0.5, 0.6) is 5.75 Å². The molecule has 1 aliphatic heterocycles. The number of aromatic nitrogens is 1. The molecule has 3 heterocycles. The number of methoxy groups -OCH3 is 1. The standard InChI is InChI=1S/C32H31N3O6S/c1-6-34(7-2)30(37)27-19(4)33-32-35(28(27)23-11-8-9-14-24(23)40-5)29(36)26(42-32)17-20-15-16-25(41-20)21-12-10-13-22(18(21)3)31(38)39/h8-17,28H,6-7H2,1-5H3,(H,38,39)/b26-17+/t28-/m1/s1. The molecule has 0 spiro atoms. The first-order valence-corrected chi connectivity index (χ1v) is 14.4. The van der Waals surface area contributed by atoms with Crippen LogP contribution in [0.25, 0.3) is 17.4 Å². The maximum Gasteiger partial charge on any atom is 0.335 e. The van der Waals surface area contributed by atoms with E-state index in [-0.39, 0.29) is 17.0 Å². The Labute approximate surface area is 246 Å². The van der Waals surface area contributed by atoms with Crippen LogP contribution in [0.15, 0.2) is 80.1 Å². The number of nitrogens with zero attached hydrogens (tertiary/aromatic N) is 3. The van der Waals surface area contributed by atoms with Gasteiger partial charge < -0.3 is 19.2 Å². The van der Waals surface area contributed by atoms with Gasteiger partial charge in [0, 0.05) is 30.3 Å². The average Bonchev–Trinajstić information content (AvgIpc) is 3.56. The fraction of sp³-hybridized carbons (Fsp3) is 0.250. The number of fused-ring (bicyclic) bond motifs is 1. The lowest BCUT2D eigenvalue weighted by Crippen LogP contribution is -2.43. The minimum atomic E-state index is -1.01. The third-order valence-electron chi connectivity index (χ3n) is 7.47. The van der Waals surface area contributed by atoms with Crippen molar-refractivity contribution >= 4 is 29.3 Å². The fourth-order valence-corrected chi connectivity index (χ4v) is 6.33. The van der Waals surface area contributed by atoms with Gasteiger partial charge in [-0.05, 0) is 57.5 Å². The molecule has 5 rings (SSSR count). The van der Waals surface area contributed by atoms with Crippen molar-refractivity contribution in [3.8, 4) is 17.1 Å². The number of furan rings is 1. The second-order valence-electron chi connectivity index (χ2n) is 9.79. The molecule has 0 fully saturated rings. The molecule has 2 aromatic carbocycles. The Kier molecular flexibility index (Phi) is 8.00. The largest absolute Gasteiger partial charge is 0.496 e. The van der Waals surface area contributed by atoms with Gasteiger partial charge in [-0.15, -0.1) is 0 Å². The van der Waals surface area contributed by atoms with E-state index in [9.17, 15) is 19.5 Å². The highest BCUT2D eigenvalue weighted by Gasteiger charge is 2.35. The normalized spacial score (nSPS) is 14.9. The highest BCUT2D eigenvalue weighted by molar-refractivity contribution is 7.07. The predicted molar refractivity (Wildman–Crippen MR) is 161 cm³/mol. The number of carbonyl (C=O) groups excluding carboxylic acids is 1. The molecule has 10 heteroatoms.